The van der Waals surface area contributed by atoms with Crippen LogP contribution < -0.4 is 9.47 Å². The van der Waals surface area contributed by atoms with Crippen molar-refractivity contribution in [1.29, 1.82) is 0 Å². The number of hydrogen-bond donors (Lipinski definition) is 1. The van der Waals surface area contributed by atoms with E-state index < -0.39 is 6.10 Å². The molecule has 2 aliphatic rings. The number of fused-ring (bicyclic) bond motifs is 1. The molecule has 24 heavy (non-hydrogen) atoms. The highest BCUT2D eigenvalue weighted by molar-refractivity contribution is 5.40. The third kappa shape index (κ3) is 4.83. The summed E-state index contributed by atoms with van der Waals surface area (Å²) in [4.78, 5) is 4.73. The van der Waals surface area contributed by atoms with Crippen molar-refractivity contribution in [3.05, 3.63) is 24.3 Å². The zero-order valence-corrected chi connectivity index (χ0v) is 14.4. The Hall–Kier alpha value is -1.34. The first-order valence-electron chi connectivity index (χ1n) is 8.83. The first kappa shape index (κ1) is 17.5. The summed E-state index contributed by atoms with van der Waals surface area (Å²) in [6, 6.07) is 7.64. The summed E-state index contributed by atoms with van der Waals surface area (Å²) in [5, 5.41) is 10.2. The van der Waals surface area contributed by atoms with E-state index in [1.165, 1.54) is 0 Å². The van der Waals surface area contributed by atoms with Gasteiger partial charge in [-0.05, 0) is 18.7 Å². The van der Waals surface area contributed by atoms with Crippen LogP contribution in [0.3, 0.4) is 0 Å². The first-order valence-corrected chi connectivity index (χ1v) is 8.83. The Morgan fingerprint density at radius 2 is 1.88 bits per heavy atom. The first-order chi connectivity index (χ1) is 11.7. The van der Waals surface area contributed by atoms with Crippen molar-refractivity contribution in [2.24, 2.45) is 0 Å². The van der Waals surface area contributed by atoms with Gasteiger partial charge >= 0.3 is 0 Å². The molecule has 1 aromatic rings. The largest absolute Gasteiger partial charge is 0.486 e. The minimum absolute atomic E-state index is 0.125. The van der Waals surface area contributed by atoms with Crippen molar-refractivity contribution in [3.8, 4) is 11.5 Å². The van der Waals surface area contributed by atoms with E-state index in [4.69, 9.17) is 14.2 Å². The van der Waals surface area contributed by atoms with Crippen LogP contribution in [0.25, 0.3) is 0 Å². The molecule has 0 saturated carbocycles. The highest BCUT2D eigenvalue weighted by Crippen LogP contribution is 2.30. The predicted octanol–water partition coefficient (Wildman–Crippen LogP) is 0.841. The SMILES string of the molecule is CCN1CCN(C[C@@H](O)COC[C@@H]2COc3ccccc3O2)CC1. The van der Waals surface area contributed by atoms with E-state index in [2.05, 4.69) is 16.7 Å². The molecule has 2 aliphatic heterocycles. The van der Waals surface area contributed by atoms with E-state index in [0.717, 1.165) is 44.2 Å². The van der Waals surface area contributed by atoms with Crippen LogP contribution in [0.15, 0.2) is 24.3 Å². The van der Waals surface area contributed by atoms with E-state index in [0.29, 0.717) is 26.4 Å². The maximum Gasteiger partial charge on any atom is 0.161 e. The van der Waals surface area contributed by atoms with Gasteiger partial charge in [0.25, 0.3) is 0 Å². The molecule has 6 nitrogen and oxygen atoms in total. The van der Waals surface area contributed by atoms with Crippen molar-refractivity contribution in [1.82, 2.24) is 9.80 Å². The van der Waals surface area contributed by atoms with Gasteiger partial charge in [0.1, 0.15) is 6.61 Å². The van der Waals surface area contributed by atoms with E-state index in [9.17, 15) is 5.11 Å². The molecule has 1 N–H and O–H groups in total. The molecule has 2 heterocycles. The average molecular weight is 336 g/mol. The number of hydrogen-bond acceptors (Lipinski definition) is 6. The van der Waals surface area contributed by atoms with Crippen LogP contribution in [-0.2, 0) is 4.74 Å². The van der Waals surface area contributed by atoms with Gasteiger partial charge in [0.2, 0.25) is 0 Å². The third-order valence-corrected chi connectivity index (χ3v) is 4.56. The van der Waals surface area contributed by atoms with Crippen LogP contribution >= 0.6 is 0 Å². The number of piperazine rings is 1. The summed E-state index contributed by atoms with van der Waals surface area (Å²) in [5.74, 6) is 1.53. The van der Waals surface area contributed by atoms with E-state index >= 15 is 0 Å². The number of para-hydroxylation sites is 2. The predicted molar refractivity (Wildman–Crippen MR) is 91.7 cm³/mol. The summed E-state index contributed by atoms with van der Waals surface area (Å²) in [6.07, 6.45) is -0.588. The number of likely N-dealkylation sites (N-methyl/N-ethyl adjacent to an activating group) is 1. The zero-order valence-electron chi connectivity index (χ0n) is 14.4. The Balaban J connectivity index is 1.32. The number of ether oxygens (including phenoxy) is 3. The molecule has 1 aromatic carbocycles. The third-order valence-electron chi connectivity index (χ3n) is 4.56. The Morgan fingerprint density at radius 1 is 1.17 bits per heavy atom. The van der Waals surface area contributed by atoms with Gasteiger partial charge < -0.3 is 24.2 Å². The fourth-order valence-electron chi connectivity index (χ4n) is 3.12. The number of rotatable bonds is 7. The molecule has 0 aliphatic carbocycles. The molecule has 0 radical (unpaired) electrons. The Bertz CT molecular complexity index is 506. The maximum atomic E-state index is 10.2. The van der Waals surface area contributed by atoms with Crippen molar-refractivity contribution in [2.75, 3.05) is 59.1 Å². The second-order valence-electron chi connectivity index (χ2n) is 6.42. The lowest BCUT2D eigenvalue weighted by Crippen LogP contribution is -2.49. The van der Waals surface area contributed by atoms with Crippen molar-refractivity contribution in [3.63, 3.8) is 0 Å². The molecule has 1 saturated heterocycles. The van der Waals surface area contributed by atoms with Gasteiger partial charge in [-0.15, -0.1) is 0 Å². The summed E-state index contributed by atoms with van der Waals surface area (Å²) in [5.41, 5.74) is 0. The quantitative estimate of drug-likeness (QED) is 0.796. The number of aliphatic hydroxyl groups is 1. The van der Waals surface area contributed by atoms with Gasteiger partial charge in [0, 0.05) is 32.7 Å². The molecule has 0 aromatic heterocycles. The fourth-order valence-corrected chi connectivity index (χ4v) is 3.12. The number of benzene rings is 1. The molecule has 0 amide bonds. The molecular formula is C18H28N2O4. The number of β-amino-alcohol motifs (C(OH)–C–C–N with tert-alkyl or cyclic N) is 1. The Morgan fingerprint density at radius 3 is 2.62 bits per heavy atom. The lowest BCUT2D eigenvalue weighted by atomic mass is 10.2. The Kier molecular flexibility index (Phi) is 6.31. The lowest BCUT2D eigenvalue weighted by molar-refractivity contribution is -0.0319. The molecule has 0 spiro atoms. The van der Waals surface area contributed by atoms with Crippen LogP contribution in [0.1, 0.15) is 6.92 Å². The van der Waals surface area contributed by atoms with Crippen LogP contribution in [-0.4, -0.2) is 86.2 Å². The zero-order chi connectivity index (χ0) is 16.8. The summed E-state index contributed by atoms with van der Waals surface area (Å²) in [6.45, 7) is 9.38. The van der Waals surface area contributed by atoms with Crippen LogP contribution in [0, 0.1) is 0 Å². The molecular weight excluding hydrogens is 308 g/mol. The fraction of sp³-hybridized carbons (Fsp3) is 0.667. The maximum absolute atomic E-state index is 10.2. The van der Waals surface area contributed by atoms with Gasteiger partial charge in [-0.1, -0.05) is 19.1 Å². The lowest BCUT2D eigenvalue weighted by Gasteiger charge is -2.35. The molecule has 0 unspecified atom stereocenters. The van der Waals surface area contributed by atoms with E-state index in [1.54, 1.807) is 0 Å². The van der Waals surface area contributed by atoms with Gasteiger partial charge in [0.15, 0.2) is 17.6 Å². The summed E-state index contributed by atoms with van der Waals surface area (Å²) < 4.78 is 17.1. The topological polar surface area (TPSA) is 54.4 Å². The highest BCUT2D eigenvalue weighted by Gasteiger charge is 2.22. The van der Waals surface area contributed by atoms with E-state index in [1.807, 2.05) is 24.3 Å². The van der Waals surface area contributed by atoms with Crippen LogP contribution in [0.5, 0.6) is 11.5 Å². The van der Waals surface area contributed by atoms with Gasteiger partial charge in [0.05, 0.1) is 19.3 Å². The second kappa shape index (κ2) is 8.67. The molecule has 134 valence electrons. The minimum atomic E-state index is -0.463. The van der Waals surface area contributed by atoms with Crippen molar-refractivity contribution in [2.45, 2.75) is 19.1 Å². The monoisotopic (exact) mass is 336 g/mol. The molecule has 1 fully saturated rings. The molecule has 0 bridgehead atoms. The Labute approximate surface area is 143 Å². The van der Waals surface area contributed by atoms with E-state index in [-0.39, 0.29) is 6.10 Å². The van der Waals surface area contributed by atoms with Crippen LogP contribution in [0.4, 0.5) is 0 Å². The smallest absolute Gasteiger partial charge is 0.161 e. The van der Waals surface area contributed by atoms with Crippen molar-refractivity contribution >= 4 is 0 Å². The molecule has 3 rings (SSSR count). The van der Waals surface area contributed by atoms with Gasteiger partial charge in [-0.25, -0.2) is 0 Å². The number of nitrogens with zero attached hydrogens (tertiary/aromatic N) is 2. The van der Waals surface area contributed by atoms with Gasteiger partial charge in [-0.2, -0.15) is 0 Å². The normalized spacial score (nSPS) is 23.2. The van der Waals surface area contributed by atoms with Crippen LogP contribution in [0.2, 0.25) is 0 Å². The highest BCUT2D eigenvalue weighted by atomic mass is 16.6. The average Bonchev–Trinajstić information content (AvgIpc) is 2.62. The summed E-state index contributed by atoms with van der Waals surface area (Å²) in [7, 11) is 0. The minimum Gasteiger partial charge on any atom is -0.486 e. The molecule has 2 atom stereocenters. The van der Waals surface area contributed by atoms with Gasteiger partial charge in [-0.3, -0.25) is 4.90 Å². The number of aliphatic hydroxyl groups excluding tert-OH is 1. The molecule has 6 heteroatoms. The summed E-state index contributed by atoms with van der Waals surface area (Å²) >= 11 is 0. The second-order valence-corrected chi connectivity index (χ2v) is 6.42. The van der Waals surface area contributed by atoms with Crippen molar-refractivity contribution < 1.29 is 19.3 Å². The standard InChI is InChI=1S/C18H28N2O4/c1-2-19-7-9-20(10-8-19)11-15(21)12-22-13-16-14-23-17-5-3-4-6-18(17)24-16/h3-6,15-16,21H,2,7-14H2,1H3/t15-,16-/m1/s1.